The Balaban J connectivity index is 1.82. The van der Waals surface area contributed by atoms with Crippen molar-refractivity contribution in [3.8, 4) is 11.7 Å². The largest absolute Gasteiger partial charge is 0.351 e. The van der Waals surface area contributed by atoms with Gasteiger partial charge in [-0.05, 0) is 38.1 Å². The van der Waals surface area contributed by atoms with E-state index < -0.39 is 4.75 Å². The molecular weight excluding hydrogens is 341 g/mol. The zero-order valence-corrected chi connectivity index (χ0v) is 15.6. The van der Waals surface area contributed by atoms with Crippen LogP contribution in [0.3, 0.4) is 0 Å². The van der Waals surface area contributed by atoms with Gasteiger partial charge in [0.15, 0.2) is 5.82 Å². The minimum Gasteiger partial charge on any atom is -0.351 e. The summed E-state index contributed by atoms with van der Waals surface area (Å²) < 4.78 is 23.3. The normalized spacial score (nSPS) is 12.6. The summed E-state index contributed by atoms with van der Waals surface area (Å²) in [5, 5.41) is 8.15. The second kappa shape index (κ2) is 6.29. The number of rotatable bonds is 4. The van der Waals surface area contributed by atoms with E-state index in [1.807, 2.05) is 19.9 Å². The highest BCUT2D eigenvalue weighted by atomic mass is 32.2. The van der Waals surface area contributed by atoms with Crippen LogP contribution in [0, 0.1) is 5.82 Å². The molecule has 0 radical (unpaired) electrons. The highest BCUT2D eigenvalue weighted by Crippen LogP contribution is 2.40. The fourth-order valence-corrected chi connectivity index (χ4v) is 3.18. The Morgan fingerprint density at radius 3 is 2.24 bits per heavy atom. The average molecular weight is 361 g/mol. The minimum atomic E-state index is -0.452. The Labute approximate surface area is 150 Å². The first-order valence-electron chi connectivity index (χ1n) is 7.91. The van der Waals surface area contributed by atoms with E-state index in [4.69, 9.17) is 9.05 Å². The zero-order valence-electron chi connectivity index (χ0n) is 14.8. The van der Waals surface area contributed by atoms with Gasteiger partial charge in [0.1, 0.15) is 5.82 Å². The van der Waals surface area contributed by atoms with Crippen molar-refractivity contribution in [2.24, 2.45) is 0 Å². The number of hydrogen-bond acceptors (Lipinski definition) is 6. The summed E-state index contributed by atoms with van der Waals surface area (Å²) in [6, 6.07) is 8.15. The molecular formula is C18H20FN3O2S. The van der Waals surface area contributed by atoms with E-state index in [9.17, 15) is 4.39 Å². The van der Waals surface area contributed by atoms with Crippen LogP contribution < -0.4 is 0 Å². The first kappa shape index (κ1) is 17.7. The van der Waals surface area contributed by atoms with Crippen LogP contribution in [0.1, 0.15) is 46.1 Å². The summed E-state index contributed by atoms with van der Waals surface area (Å²) in [6.45, 7) is 10.1. The van der Waals surface area contributed by atoms with Crippen LogP contribution in [0.2, 0.25) is 0 Å². The molecule has 5 nitrogen and oxygen atoms in total. The summed E-state index contributed by atoms with van der Waals surface area (Å²) in [4.78, 5) is 5.38. The smallest absolute Gasteiger partial charge is 0.296 e. The lowest BCUT2D eigenvalue weighted by Crippen LogP contribution is -2.14. The molecule has 0 unspecified atom stereocenters. The third-order valence-electron chi connectivity index (χ3n) is 3.64. The predicted octanol–water partition coefficient (Wildman–Crippen LogP) is 5.19. The Bertz CT molecular complexity index is 863. The first-order chi connectivity index (χ1) is 11.6. The van der Waals surface area contributed by atoms with E-state index in [1.54, 1.807) is 12.1 Å². The van der Waals surface area contributed by atoms with Crippen LogP contribution in [-0.4, -0.2) is 15.3 Å². The molecule has 1 aromatic carbocycles. The highest BCUT2D eigenvalue weighted by Gasteiger charge is 2.30. The Kier molecular flexibility index (Phi) is 4.45. The molecule has 0 N–H and O–H groups in total. The lowest BCUT2D eigenvalue weighted by atomic mass is 9.92. The van der Waals surface area contributed by atoms with Crippen LogP contribution in [-0.2, 0) is 10.2 Å². The Morgan fingerprint density at radius 2 is 1.64 bits per heavy atom. The van der Waals surface area contributed by atoms with Crippen molar-refractivity contribution in [1.82, 2.24) is 15.3 Å². The van der Waals surface area contributed by atoms with E-state index in [-0.39, 0.29) is 11.2 Å². The lowest BCUT2D eigenvalue weighted by molar-refractivity contribution is 0.369. The van der Waals surface area contributed by atoms with Crippen LogP contribution in [0.5, 0.6) is 0 Å². The fourth-order valence-electron chi connectivity index (χ4n) is 2.14. The third kappa shape index (κ3) is 3.92. The molecule has 0 saturated heterocycles. The molecule has 0 aliphatic carbocycles. The van der Waals surface area contributed by atoms with Crippen LogP contribution in [0.4, 0.5) is 4.39 Å². The van der Waals surface area contributed by atoms with Gasteiger partial charge in [0.25, 0.3) is 5.89 Å². The van der Waals surface area contributed by atoms with Crippen LogP contribution in [0.25, 0.3) is 11.7 Å². The van der Waals surface area contributed by atoms with Crippen molar-refractivity contribution in [2.75, 3.05) is 0 Å². The van der Waals surface area contributed by atoms with Gasteiger partial charge in [-0.2, -0.15) is 4.98 Å². The van der Waals surface area contributed by atoms with Crippen LogP contribution >= 0.6 is 11.8 Å². The topological polar surface area (TPSA) is 65.0 Å². The second-order valence-corrected chi connectivity index (χ2v) is 9.01. The van der Waals surface area contributed by atoms with Gasteiger partial charge in [-0.15, -0.1) is 11.8 Å². The maximum Gasteiger partial charge on any atom is 0.296 e. The summed E-state index contributed by atoms with van der Waals surface area (Å²) in [5.41, 5.74) is 0.699. The maximum atomic E-state index is 13.1. The molecule has 3 rings (SSSR count). The van der Waals surface area contributed by atoms with E-state index in [1.165, 1.54) is 23.9 Å². The number of nitrogens with zero attached hydrogens (tertiary/aromatic N) is 3. The number of aromatic nitrogens is 3. The zero-order chi connectivity index (χ0) is 18.2. The van der Waals surface area contributed by atoms with Gasteiger partial charge in [-0.3, -0.25) is 0 Å². The lowest BCUT2D eigenvalue weighted by Gasteiger charge is -2.19. The van der Waals surface area contributed by atoms with Gasteiger partial charge in [0, 0.05) is 16.4 Å². The quantitative estimate of drug-likeness (QED) is 0.596. The van der Waals surface area contributed by atoms with E-state index in [2.05, 4.69) is 36.1 Å². The van der Waals surface area contributed by atoms with Crippen molar-refractivity contribution in [3.63, 3.8) is 0 Å². The first-order valence-corrected chi connectivity index (χ1v) is 8.73. The molecule has 0 aliphatic rings. The molecule has 25 heavy (non-hydrogen) atoms. The molecule has 0 aliphatic heterocycles. The fraction of sp³-hybridized carbons (Fsp3) is 0.389. The van der Waals surface area contributed by atoms with Gasteiger partial charge >= 0.3 is 0 Å². The molecule has 132 valence electrons. The number of thioether (sulfide) groups is 1. The number of hydrogen-bond donors (Lipinski definition) is 0. The van der Waals surface area contributed by atoms with Crippen LogP contribution in [0.15, 0.2) is 44.3 Å². The highest BCUT2D eigenvalue weighted by molar-refractivity contribution is 8.00. The van der Waals surface area contributed by atoms with Gasteiger partial charge in [0.05, 0.1) is 10.4 Å². The van der Waals surface area contributed by atoms with Crippen molar-refractivity contribution in [1.29, 1.82) is 0 Å². The second-order valence-electron chi connectivity index (χ2n) is 7.32. The summed E-state index contributed by atoms with van der Waals surface area (Å²) in [5.74, 6) is 1.02. The van der Waals surface area contributed by atoms with E-state index in [0.717, 1.165) is 10.6 Å². The molecule has 0 amide bonds. The molecule has 0 atom stereocenters. The standard InChI is InChI=1S/C18H20FN3O2S/c1-17(2,3)14-10-13(23-21-14)15-20-16(22-24-15)18(4,5)25-12-8-6-11(19)7-9-12/h6-10H,1-5H3. The molecule has 2 aromatic heterocycles. The van der Waals surface area contributed by atoms with Gasteiger partial charge < -0.3 is 9.05 Å². The van der Waals surface area contributed by atoms with Crippen molar-refractivity contribution >= 4 is 11.8 Å². The van der Waals surface area contributed by atoms with E-state index >= 15 is 0 Å². The van der Waals surface area contributed by atoms with Crippen molar-refractivity contribution in [3.05, 3.63) is 47.7 Å². The molecule has 7 heteroatoms. The van der Waals surface area contributed by atoms with Gasteiger partial charge in [-0.25, -0.2) is 4.39 Å². The monoisotopic (exact) mass is 361 g/mol. The van der Waals surface area contributed by atoms with Crippen molar-refractivity contribution < 1.29 is 13.4 Å². The molecule has 3 aromatic rings. The Morgan fingerprint density at radius 1 is 0.960 bits per heavy atom. The molecule has 0 bridgehead atoms. The number of halogens is 1. The average Bonchev–Trinajstić information content (AvgIpc) is 3.17. The summed E-state index contributed by atoms with van der Waals surface area (Å²) >= 11 is 1.53. The van der Waals surface area contributed by atoms with Gasteiger partial charge in [0.2, 0.25) is 5.76 Å². The van der Waals surface area contributed by atoms with Crippen molar-refractivity contribution in [2.45, 2.75) is 49.7 Å². The van der Waals surface area contributed by atoms with E-state index in [0.29, 0.717) is 17.5 Å². The minimum absolute atomic E-state index is 0.123. The Hall–Kier alpha value is -2.15. The number of benzene rings is 1. The third-order valence-corrected chi connectivity index (χ3v) is 4.84. The molecule has 0 spiro atoms. The summed E-state index contributed by atoms with van der Waals surface area (Å²) in [7, 11) is 0. The molecule has 0 saturated carbocycles. The predicted molar refractivity (Wildman–Crippen MR) is 93.8 cm³/mol. The SMILES string of the molecule is CC(C)(C)c1cc(-c2nc(C(C)(C)Sc3ccc(F)cc3)no2)on1. The maximum absolute atomic E-state index is 13.1. The molecule has 2 heterocycles. The summed E-state index contributed by atoms with van der Waals surface area (Å²) in [6.07, 6.45) is 0. The molecule has 0 fully saturated rings. The van der Waals surface area contributed by atoms with Gasteiger partial charge in [-0.1, -0.05) is 31.1 Å².